The Balaban J connectivity index is 1.58. The smallest absolute Gasteiger partial charge is 0.328 e. The summed E-state index contributed by atoms with van der Waals surface area (Å²) in [4.78, 5) is 56.7. The van der Waals surface area contributed by atoms with Gasteiger partial charge in [0.25, 0.3) is 5.91 Å². The number of nitrogens with one attached hydrogen (secondary N) is 1. The molecule has 0 aliphatic carbocycles. The predicted molar refractivity (Wildman–Crippen MR) is 154 cm³/mol. The number of aromatic nitrogens is 4. The monoisotopic (exact) mass is 560 g/mol. The van der Waals surface area contributed by atoms with Crippen LogP contribution in [0.2, 0.25) is 0 Å². The number of hydrogen-bond donors (Lipinski definition) is 3. The lowest BCUT2D eigenvalue weighted by Crippen LogP contribution is -2.42. The van der Waals surface area contributed by atoms with Crippen LogP contribution in [0.3, 0.4) is 0 Å². The summed E-state index contributed by atoms with van der Waals surface area (Å²) in [5.74, 6) is -1.36. The molecule has 0 spiro atoms. The van der Waals surface area contributed by atoms with Crippen molar-refractivity contribution in [3.8, 4) is 0 Å². The molecule has 4 aromatic rings. The second kappa shape index (κ2) is 12.9. The van der Waals surface area contributed by atoms with Gasteiger partial charge in [-0.15, -0.1) is 0 Å². The van der Waals surface area contributed by atoms with E-state index < -0.39 is 23.9 Å². The van der Waals surface area contributed by atoms with Gasteiger partial charge in [0.05, 0.1) is 31.6 Å². The summed E-state index contributed by atoms with van der Waals surface area (Å²) in [6.07, 6.45) is 1.61. The summed E-state index contributed by atoms with van der Waals surface area (Å²) in [5, 5.41) is 4.23. The zero-order valence-electron chi connectivity index (χ0n) is 23.1. The number of fused-ring (bicyclic) bond motifs is 2. The normalized spacial score (nSPS) is 11.7. The van der Waals surface area contributed by atoms with Crippen LogP contribution in [0.25, 0.3) is 21.9 Å². The Morgan fingerprint density at radius 2 is 1.71 bits per heavy atom. The average molecular weight is 561 g/mol. The van der Waals surface area contributed by atoms with Gasteiger partial charge in [0.2, 0.25) is 5.95 Å². The molecule has 0 fully saturated rings. The molecule has 0 aliphatic rings. The molecule has 0 saturated carbocycles. The minimum Gasteiger partial charge on any atom is -0.466 e. The third-order valence-corrected chi connectivity index (χ3v) is 6.28. The van der Waals surface area contributed by atoms with Gasteiger partial charge >= 0.3 is 11.9 Å². The van der Waals surface area contributed by atoms with E-state index in [9.17, 15) is 14.4 Å². The highest BCUT2D eigenvalue weighted by molar-refractivity contribution is 6.11. The van der Waals surface area contributed by atoms with E-state index in [1.807, 2.05) is 42.3 Å². The van der Waals surface area contributed by atoms with Gasteiger partial charge in [-0.05, 0) is 37.8 Å². The zero-order chi connectivity index (χ0) is 29.5. The van der Waals surface area contributed by atoms with Gasteiger partial charge in [-0.25, -0.2) is 14.8 Å². The van der Waals surface area contributed by atoms with Gasteiger partial charge in [-0.3, -0.25) is 9.59 Å². The molecule has 0 bridgehead atoms. The number of nitrogens with zero attached hydrogens (tertiary/aromatic N) is 5. The van der Waals surface area contributed by atoms with Crippen molar-refractivity contribution in [1.82, 2.24) is 25.3 Å². The molecule has 13 nitrogen and oxygen atoms in total. The lowest BCUT2D eigenvalue weighted by molar-refractivity contribution is -0.146. The number of carbonyl (C=O) groups is 3. The van der Waals surface area contributed by atoms with Crippen LogP contribution in [0.15, 0.2) is 42.6 Å². The first kappa shape index (κ1) is 28.9. The number of hydrogen-bond acceptors (Lipinski definition) is 12. The number of nitrogens with two attached hydrogens (primary N) is 2. The maximum absolute atomic E-state index is 13.4. The molecule has 5 N–H and O–H groups in total. The largest absolute Gasteiger partial charge is 0.466 e. The molecule has 0 saturated heterocycles. The molecule has 0 radical (unpaired) electrons. The van der Waals surface area contributed by atoms with Crippen LogP contribution in [0, 0.1) is 0 Å². The van der Waals surface area contributed by atoms with Crippen molar-refractivity contribution in [2.45, 2.75) is 39.3 Å². The molecule has 2 aromatic carbocycles. The molecular weight excluding hydrogens is 528 g/mol. The molecule has 1 atom stereocenters. The summed E-state index contributed by atoms with van der Waals surface area (Å²) in [5.41, 5.74) is 14.1. The third-order valence-electron chi connectivity index (χ3n) is 6.28. The summed E-state index contributed by atoms with van der Waals surface area (Å²) in [6, 6.07) is 9.95. The SMILES string of the molecule is CCOC(=O)CC[C@H](NC(=O)c1ccc(N(C)Cc2cnc3nc(N)nc(N)c3n2)c2ccccc12)C(=O)OCC. The Morgan fingerprint density at radius 1 is 0.976 bits per heavy atom. The van der Waals surface area contributed by atoms with Crippen molar-refractivity contribution in [3.05, 3.63) is 53.9 Å². The van der Waals surface area contributed by atoms with Crippen LogP contribution in [0.1, 0.15) is 42.7 Å². The summed E-state index contributed by atoms with van der Waals surface area (Å²) in [6.45, 7) is 4.12. The number of anilines is 3. The first-order chi connectivity index (χ1) is 19.7. The third kappa shape index (κ3) is 6.75. The highest BCUT2D eigenvalue weighted by Gasteiger charge is 2.25. The lowest BCUT2D eigenvalue weighted by atomic mass is 10.0. The van der Waals surface area contributed by atoms with Gasteiger partial charge in [0.1, 0.15) is 6.04 Å². The van der Waals surface area contributed by atoms with Crippen molar-refractivity contribution in [2.24, 2.45) is 0 Å². The van der Waals surface area contributed by atoms with E-state index in [1.165, 1.54) is 0 Å². The van der Waals surface area contributed by atoms with E-state index in [-0.39, 0.29) is 37.8 Å². The highest BCUT2D eigenvalue weighted by Crippen LogP contribution is 2.30. The second-order valence-corrected chi connectivity index (χ2v) is 9.16. The molecular formula is C28H32N8O5. The number of nitrogen functional groups attached to an aromatic ring is 2. The topological polar surface area (TPSA) is 189 Å². The molecule has 41 heavy (non-hydrogen) atoms. The fourth-order valence-electron chi connectivity index (χ4n) is 4.42. The molecule has 13 heteroatoms. The fraction of sp³-hybridized carbons (Fsp3) is 0.321. The van der Waals surface area contributed by atoms with Gasteiger partial charge in [0.15, 0.2) is 17.0 Å². The number of benzene rings is 2. The quantitative estimate of drug-likeness (QED) is 0.228. The average Bonchev–Trinajstić information content (AvgIpc) is 2.95. The van der Waals surface area contributed by atoms with E-state index in [2.05, 4.69) is 25.3 Å². The van der Waals surface area contributed by atoms with Crippen LogP contribution in [-0.4, -0.2) is 64.1 Å². The van der Waals surface area contributed by atoms with Gasteiger partial charge in [-0.1, -0.05) is 24.3 Å². The van der Waals surface area contributed by atoms with Crippen LogP contribution in [0.4, 0.5) is 17.5 Å². The molecule has 0 unspecified atom stereocenters. The second-order valence-electron chi connectivity index (χ2n) is 9.16. The minimum absolute atomic E-state index is 0.0253. The number of rotatable bonds is 11. The lowest BCUT2D eigenvalue weighted by Gasteiger charge is -2.22. The fourth-order valence-corrected chi connectivity index (χ4v) is 4.42. The Bertz CT molecular complexity index is 1600. The van der Waals surface area contributed by atoms with Crippen molar-refractivity contribution in [3.63, 3.8) is 0 Å². The van der Waals surface area contributed by atoms with E-state index in [0.29, 0.717) is 34.4 Å². The Morgan fingerprint density at radius 3 is 2.44 bits per heavy atom. The molecule has 0 aliphatic heterocycles. The minimum atomic E-state index is -1.01. The standard InChI is InChI=1S/C28H32N8O5/c1-4-40-22(37)13-11-20(27(39)41-5-2)33-26(38)19-10-12-21(18-9-7-6-8-17(18)19)36(3)15-16-14-31-25-23(32-16)24(29)34-28(30)35-25/h6-10,12,14,20H,4-5,11,13,15H2,1-3H3,(H,33,38)(H4,29,30,31,34,35)/t20-/m0/s1. The van der Waals surface area contributed by atoms with Crippen molar-refractivity contribution < 1.29 is 23.9 Å². The van der Waals surface area contributed by atoms with Gasteiger partial charge in [0, 0.05) is 30.1 Å². The van der Waals surface area contributed by atoms with Crippen LogP contribution >= 0.6 is 0 Å². The van der Waals surface area contributed by atoms with E-state index in [4.69, 9.17) is 20.9 Å². The van der Waals surface area contributed by atoms with Crippen molar-refractivity contribution >= 4 is 57.2 Å². The van der Waals surface area contributed by atoms with Crippen molar-refractivity contribution in [2.75, 3.05) is 36.6 Å². The summed E-state index contributed by atoms with van der Waals surface area (Å²) >= 11 is 0. The molecule has 4 rings (SSSR count). The van der Waals surface area contributed by atoms with Gasteiger partial charge < -0.3 is 31.2 Å². The summed E-state index contributed by atoms with van der Waals surface area (Å²) in [7, 11) is 1.89. The first-order valence-electron chi connectivity index (χ1n) is 13.1. The molecule has 214 valence electrons. The van der Waals surface area contributed by atoms with Crippen LogP contribution in [0.5, 0.6) is 0 Å². The molecule has 2 heterocycles. The van der Waals surface area contributed by atoms with Crippen molar-refractivity contribution in [1.29, 1.82) is 0 Å². The number of esters is 2. The predicted octanol–water partition coefficient (Wildman–Crippen LogP) is 2.38. The Labute approximate surface area is 236 Å². The van der Waals surface area contributed by atoms with Gasteiger partial charge in [-0.2, -0.15) is 9.97 Å². The number of amides is 1. The first-order valence-corrected chi connectivity index (χ1v) is 13.1. The Kier molecular flexibility index (Phi) is 9.07. The molecule has 1 amide bonds. The number of carbonyl (C=O) groups excluding carboxylic acids is 3. The highest BCUT2D eigenvalue weighted by atomic mass is 16.5. The summed E-state index contributed by atoms with van der Waals surface area (Å²) < 4.78 is 10.1. The zero-order valence-corrected chi connectivity index (χ0v) is 23.1. The van der Waals surface area contributed by atoms with E-state index in [0.717, 1.165) is 11.1 Å². The Hall–Kier alpha value is -5.07. The maximum Gasteiger partial charge on any atom is 0.328 e. The maximum atomic E-state index is 13.4. The molecule has 2 aromatic heterocycles. The number of ether oxygens (including phenoxy) is 2. The van der Waals surface area contributed by atoms with E-state index >= 15 is 0 Å². The van der Waals surface area contributed by atoms with Crippen LogP contribution in [-0.2, 0) is 25.6 Å². The van der Waals surface area contributed by atoms with Crippen LogP contribution < -0.4 is 21.7 Å². The van der Waals surface area contributed by atoms with E-state index in [1.54, 1.807) is 26.1 Å².